The van der Waals surface area contributed by atoms with Gasteiger partial charge >= 0.3 is 5.97 Å². The number of benzene rings is 4. The van der Waals surface area contributed by atoms with Gasteiger partial charge in [-0.05, 0) is 85.0 Å². The topological polar surface area (TPSA) is 92.7 Å². The molecule has 0 bridgehead atoms. The molecule has 0 saturated carbocycles. The maximum absolute atomic E-state index is 13.5. The van der Waals surface area contributed by atoms with Crippen LogP contribution in [-0.4, -0.2) is 22.8 Å². The molecule has 0 heterocycles. The monoisotopic (exact) mass is 495 g/mol. The van der Waals surface area contributed by atoms with Crippen molar-refractivity contribution in [1.82, 2.24) is 5.32 Å². The molecule has 4 aromatic rings. The maximum Gasteiger partial charge on any atom is 0.303 e. The van der Waals surface area contributed by atoms with Crippen molar-refractivity contribution in [2.45, 2.75) is 39.2 Å². The van der Waals surface area contributed by atoms with Crippen molar-refractivity contribution in [2.75, 3.05) is 0 Å². The molecule has 1 atom stereocenters. The van der Waals surface area contributed by atoms with Crippen LogP contribution < -0.4 is 10.1 Å². The molecule has 4 aromatic carbocycles. The Balaban J connectivity index is 1.59. The number of nitrogens with one attached hydrogen (secondary N) is 1. The van der Waals surface area contributed by atoms with Crippen molar-refractivity contribution in [3.63, 3.8) is 0 Å². The Morgan fingerprint density at radius 1 is 0.892 bits per heavy atom. The van der Waals surface area contributed by atoms with Crippen LogP contribution in [0, 0.1) is 0 Å². The number of carboxylic acid groups (broad SMARTS) is 1. The summed E-state index contributed by atoms with van der Waals surface area (Å²) in [7, 11) is 0. The van der Waals surface area contributed by atoms with Crippen LogP contribution in [0.25, 0.3) is 10.8 Å². The van der Waals surface area contributed by atoms with Crippen molar-refractivity contribution < 1.29 is 24.2 Å². The summed E-state index contributed by atoms with van der Waals surface area (Å²) >= 11 is 0. The smallest absolute Gasteiger partial charge is 0.303 e. The average Bonchev–Trinajstić information content (AvgIpc) is 2.89. The van der Waals surface area contributed by atoms with Crippen molar-refractivity contribution in [1.29, 1.82) is 0 Å². The first-order valence-corrected chi connectivity index (χ1v) is 12.2. The molecule has 2 N–H and O–H groups in total. The van der Waals surface area contributed by atoms with Crippen LogP contribution in [-0.2, 0) is 11.2 Å². The van der Waals surface area contributed by atoms with E-state index in [1.165, 1.54) is 6.92 Å². The zero-order valence-corrected chi connectivity index (χ0v) is 20.9. The Bertz CT molecular complexity index is 1440. The minimum Gasteiger partial charge on any atom is -0.481 e. The second-order valence-electron chi connectivity index (χ2n) is 9.01. The van der Waals surface area contributed by atoms with Crippen LogP contribution in [0.3, 0.4) is 0 Å². The molecule has 0 aliphatic heterocycles. The van der Waals surface area contributed by atoms with Gasteiger partial charge < -0.3 is 15.2 Å². The second kappa shape index (κ2) is 11.5. The van der Waals surface area contributed by atoms with E-state index in [9.17, 15) is 14.4 Å². The number of amides is 1. The molecule has 1 unspecified atom stereocenters. The van der Waals surface area contributed by atoms with Gasteiger partial charge in [-0.25, -0.2) is 0 Å². The molecule has 6 nitrogen and oxygen atoms in total. The van der Waals surface area contributed by atoms with E-state index in [1.54, 1.807) is 42.5 Å². The highest BCUT2D eigenvalue weighted by Gasteiger charge is 2.18. The Kier molecular flexibility index (Phi) is 7.98. The molecule has 0 aliphatic carbocycles. The van der Waals surface area contributed by atoms with Gasteiger partial charge in [-0.15, -0.1) is 0 Å². The predicted octanol–water partition coefficient (Wildman–Crippen LogP) is 6.73. The summed E-state index contributed by atoms with van der Waals surface area (Å²) in [5.41, 5.74) is 2.79. The number of ether oxygens (including phenoxy) is 1. The Labute approximate surface area is 215 Å². The lowest BCUT2D eigenvalue weighted by Crippen LogP contribution is -2.27. The van der Waals surface area contributed by atoms with Gasteiger partial charge in [0.25, 0.3) is 5.91 Å². The van der Waals surface area contributed by atoms with Crippen molar-refractivity contribution >= 4 is 28.4 Å². The number of aliphatic carboxylic acids is 1. The lowest BCUT2D eigenvalue weighted by Gasteiger charge is -2.19. The molecule has 188 valence electrons. The highest BCUT2D eigenvalue weighted by Crippen LogP contribution is 2.28. The normalized spacial score (nSPS) is 11.6. The number of carbonyl (C=O) groups is 3. The van der Waals surface area contributed by atoms with Crippen LogP contribution in [0.15, 0.2) is 84.9 Å². The SMILES string of the molecule is CC(=O)c1ccc(Oc2ccc(CCCC(=O)O)c(C(=O)NC(C)c3cccc4ccccc34)c2)cc1. The Morgan fingerprint density at radius 2 is 1.59 bits per heavy atom. The maximum atomic E-state index is 13.5. The van der Waals surface area contributed by atoms with E-state index in [0.29, 0.717) is 35.5 Å². The van der Waals surface area contributed by atoms with Crippen LogP contribution in [0.1, 0.15) is 64.6 Å². The van der Waals surface area contributed by atoms with Gasteiger partial charge in [0.1, 0.15) is 11.5 Å². The number of aryl methyl sites for hydroxylation is 1. The van der Waals surface area contributed by atoms with Crippen LogP contribution in [0.4, 0.5) is 0 Å². The van der Waals surface area contributed by atoms with E-state index < -0.39 is 5.97 Å². The largest absolute Gasteiger partial charge is 0.481 e. The molecule has 6 heteroatoms. The van der Waals surface area contributed by atoms with Crippen molar-refractivity contribution in [2.24, 2.45) is 0 Å². The summed E-state index contributed by atoms with van der Waals surface area (Å²) in [6.07, 6.45) is 0.890. The number of rotatable bonds is 10. The fourth-order valence-corrected chi connectivity index (χ4v) is 4.35. The summed E-state index contributed by atoms with van der Waals surface area (Å²) in [4.78, 5) is 36.0. The number of hydrogen-bond acceptors (Lipinski definition) is 4. The van der Waals surface area contributed by atoms with Gasteiger partial charge in [0, 0.05) is 17.5 Å². The third-order valence-corrected chi connectivity index (χ3v) is 6.30. The summed E-state index contributed by atoms with van der Waals surface area (Å²) in [5, 5.41) is 14.3. The summed E-state index contributed by atoms with van der Waals surface area (Å²) < 4.78 is 5.96. The number of fused-ring (bicyclic) bond motifs is 1. The van der Waals surface area contributed by atoms with Gasteiger partial charge in [-0.3, -0.25) is 14.4 Å². The number of carbonyl (C=O) groups excluding carboxylic acids is 2. The molecular formula is C31H29NO5. The lowest BCUT2D eigenvalue weighted by molar-refractivity contribution is -0.137. The second-order valence-corrected chi connectivity index (χ2v) is 9.01. The first-order chi connectivity index (χ1) is 17.8. The zero-order valence-electron chi connectivity index (χ0n) is 20.9. The minimum atomic E-state index is -0.871. The van der Waals surface area contributed by atoms with E-state index in [2.05, 4.69) is 5.32 Å². The van der Waals surface area contributed by atoms with Gasteiger partial charge in [0.2, 0.25) is 0 Å². The standard InChI is InChI=1S/C31H29NO5/c1-20(27-11-5-8-23-7-3-4-10-28(23)27)32-31(36)29-19-26(18-15-24(29)9-6-12-30(34)35)37-25-16-13-22(14-17-25)21(2)33/h3-5,7-8,10-11,13-20H,6,9,12H2,1-2H3,(H,32,36)(H,34,35). The van der Waals surface area contributed by atoms with E-state index in [1.807, 2.05) is 49.4 Å². The molecule has 4 rings (SSSR count). The molecule has 0 aliphatic rings. The highest BCUT2D eigenvalue weighted by molar-refractivity contribution is 5.97. The van der Waals surface area contributed by atoms with Gasteiger partial charge in [0.15, 0.2) is 5.78 Å². The molecule has 1 amide bonds. The van der Waals surface area contributed by atoms with E-state index in [4.69, 9.17) is 9.84 Å². The number of ketones is 1. The first-order valence-electron chi connectivity index (χ1n) is 12.2. The fraction of sp³-hybridized carbons (Fsp3) is 0.194. The third-order valence-electron chi connectivity index (χ3n) is 6.30. The predicted molar refractivity (Wildman–Crippen MR) is 143 cm³/mol. The number of Topliss-reactive ketones (excluding diaryl/α,β-unsaturated/α-hetero) is 1. The minimum absolute atomic E-state index is 0.0220. The van der Waals surface area contributed by atoms with Crippen LogP contribution in [0.2, 0.25) is 0 Å². The summed E-state index contributed by atoms with van der Waals surface area (Å²) in [6.45, 7) is 3.45. The first kappa shape index (κ1) is 25.6. The number of hydrogen-bond donors (Lipinski definition) is 2. The molecule has 0 aromatic heterocycles. The van der Waals surface area contributed by atoms with E-state index in [-0.39, 0.29) is 24.2 Å². The lowest BCUT2D eigenvalue weighted by atomic mass is 9.98. The Morgan fingerprint density at radius 3 is 2.32 bits per heavy atom. The average molecular weight is 496 g/mol. The van der Waals surface area contributed by atoms with Gasteiger partial charge in [0.05, 0.1) is 6.04 Å². The van der Waals surface area contributed by atoms with Gasteiger partial charge in [-0.2, -0.15) is 0 Å². The molecule has 0 radical (unpaired) electrons. The summed E-state index contributed by atoms with van der Waals surface area (Å²) in [6, 6.07) is 25.9. The molecule has 0 spiro atoms. The molecular weight excluding hydrogens is 466 g/mol. The summed E-state index contributed by atoms with van der Waals surface area (Å²) in [5.74, 6) is -0.149. The Hall–Kier alpha value is -4.45. The third kappa shape index (κ3) is 6.41. The quantitative estimate of drug-likeness (QED) is 0.238. The van der Waals surface area contributed by atoms with E-state index in [0.717, 1.165) is 21.9 Å². The van der Waals surface area contributed by atoms with Crippen molar-refractivity contribution in [3.8, 4) is 11.5 Å². The van der Waals surface area contributed by atoms with E-state index >= 15 is 0 Å². The molecule has 0 fully saturated rings. The molecule has 37 heavy (non-hydrogen) atoms. The fourth-order valence-electron chi connectivity index (χ4n) is 4.35. The van der Waals surface area contributed by atoms with Crippen LogP contribution >= 0.6 is 0 Å². The highest BCUT2D eigenvalue weighted by atomic mass is 16.5. The molecule has 0 saturated heterocycles. The van der Waals surface area contributed by atoms with Crippen molar-refractivity contribution in [3.05, 3.63) is 107 Å². The van der Waals surface area contributed by atoms with Gasteiger partial charge in [-0.1, -0.05) is 48.5 Å². The number of carboxylic acids is 1. The zero-order chi connectivity index (χ0) is 26.4. The van der Waals surface area contributed by atoms with Crippen LogP contribution in [0.5, 0.6) is 11.5 Å².